The Labute approximate surface area is 150 Å². The third-order valence-electron chi connectivity index (χ3n) is 3.69. The van der Waals surface area contributed by atoms with Gasteiger partial charge in [0.25, 0.3) is 5.91 Å². The molecule has 126 valence electrons. The molecular formula is C19H18N4OS. The highest BCUT2D eigenvalue weighted by atomic mass is 32.1. The number of anilines is 1. The lowest BCUT2D eigenvalue weighted by Crippen LogP contribution is -2.35. The zero-order chi connectivity index (χ0) is 17.8. The molecule has 1 aromatic heterocycles. The summed E-state index contributed by atoms with van der Waals surface area (Å²) in [7, 11) is 0. The Morgan fingerprint density at radius 2 is 1.68 bits per heavy atom. The van der Waals surface area contributed by atoms with Crippen molar-refractivity contribution in [1.29, 1.82) is 0 Å². The van der Waals surface area contributed by atoms with Crippen LogP contribution in [0.3, 0.4) is 0 Å². The van der Waals surface area contributed by atoms with E-state index >= 15 is 0 Å². The molecule has 2 aromatic carbocycles. The standard InChI is InChI=1S/C19H18N4OS/c1-12(22-23-18(24)17-13(2)21-19(20)25-17)14-8-10-16(11-9-14)15-6-4-3-5-7-15/h3-11,22H,1H2,2H3,(H2,20,21)(H,23,24). The average Bonchev–Trinajstić information content (AvgIpc) is 2.98. The molecule has 3 rings (SSSR count). The summed E-state index contributed by atoms with van der Waals surface area (Å²) in [6.45, 7) is 5.71. The van der Waals surface area contributed by atoms with Crippen LogP contribution in [0.2, 0.25) is 0 Å². The largest absolute Gasteiger partial charge is 0.375 e. The molecule has 3 aromatic rings. The van der Waals surface area contributed by atoms with Gasteiger partial charge in [0, 0.05) is 0 Å². The second kappa shape index (κ2) is 7.19. The maximum absolute atomic E-state index is 12.2. The van der Waals surface area contributed by atoms with E-state index in [0.29, 0.717) is 21.4 Å². The van der Waals surface area contributed by atoms with Gasteiger partial charge in [-0.1, -0.05) is 72.5 Å². The molecule has 0 saturated carbocycles. The predicted octanol–water partition coefficient (Wildman–Crippen LogP) is 3.61. The van der Waals surface area contributed by atoms with Crippen molar-refractivity contribution in [2.24, 2.45) is 0 Å². The molecule has 0 saturated heterocycles. The van der Waals surface area contributed by atoms with Crippen molar-refractivity contribution in [3.8, 4) is 11.1 Å². The van der Waals surface area contributed by atoms with Gasteiger partial charge in [-0.05, 0) is 23.6 Å². The number of thiazole rings is 1. The normalized spacial score (nSPS) is 10.3. The van der Waals surface area contributed by atoms with Crippen molar-refractivity contribution in [3.63, 3.8) is 0 Å². The fourth-order valence-electron chi connectivity index (χ4n) is 2.38. The number of aromatic nitrogens is 1. The summed E-state index contributed by atoms with van der Waals surface area (Å²) in [5.74, 6) is -0.284. The SMILES string of the molecule is C=C(NNC(=O)c1sc(N)nc1C)c1ccc(-c2ccccc2)cc1. The first-order chi connectivity index (χ1) is 12.0. The maximum atomic E-state index is 12.2. The minimum Gasteiger partial charge on any atom is -0.375 e. The first kappa shape index (κ1) is 16.7. The fourth-order valence-corrected chi connectivity index (χ4v) is 3.11. The van der Waals surface area contributed by atoms with Gasteiger partial charge in [-0.15, -0.1) is 0 Å². The van der Waals surface area contributed by atoms with Crippen molar-refractivity contribution < 1.29 is 4.79 Å². The first-order valence-electron chi connectivity index (χ1n) is 7.68. The van der Waals surface area contributed by atoms with E-state index in [1.165, 1.54) is 0 Å². The van der Waals surface area contributed by atoms with E-state index in [-0.39, 0.29) is 5.91 Å². The second-order valence-electron chi connectivity index (χ2n) is 5.47. The molecule has 0 aliphatic heterocycles. The van der Waals surface area contributed by atoms with Crippen LogP contribution in [0.15, 0.2) is 61.2 Å². The molecule has 0 aliphatic rings. The van der Waals surface area contributed by atoms with Crippen LogP contribution in [0.5, 0.6) is 0 Å². The van der Waals surface area contributed by atoms with Gasteiger partial charge in [-0.25, -0.2) is 4.98 Å². The lowest BCUT2D eigenvalue weighted by molar-refractivity contribution is 0.0946. The predicted molar refractivity (Wildman–Crippen MR) is 103 cm³/mol. The molecule has 0 radical (unpaired) electrons. The van der Waals surface area contributed by atoms with E-state index in [4.69, 9.17) is 5.73 Å². The van der Waals surface area contributed by atoms with E-state index in [0.717, 1.165) is 28.0 Å². The number of carbonyl (C=O) groups excluding carboxylic acids is 1. The molecule has 5 nitrogen and oxygen atoms in total. The van der Waals surface area contributed by atoms with E-state index in [1.54, 1.807) is 6.92 Å². The first-order valence-corrected chi connectivity index (χ1v) is 8.50. The number of aryl methyl sites for hydroxylation is 1. The fraction of sp³-hybridized carbons (Fsp3) is 0.0526. The van der Waals surface area contributed by atoms with Crippen LogP contribution < -0.4 is 16.6 Å². The molecule has 6 heteroatoms. The number of amides is 1. The Kier molecular flexibility index (Phi) is 4.81. The summed E-state index contributed by atoms with van der Waals surface area (Å²) in [4.78, 5) is 16.7. The van der Waals surface area contributed by atoms with Crippen molar-refractivity contribution in [1.82, 2.24) is 15.8 Å². The Bertz CT molecular complexity index is 901. The van der Waals surface area contributed by atoms with Crippen LogP contribution in [0.25, 0.3) is 16.8 Å². The zero-order valence-corrected chi connectivity index (χ0v) is 14.6. The molecule has 0 fully saturated rings. The molecule has 0 unspecified atom stereocenters. The van der Waals surface area contributed by atoms with Gasteiger partial charge >= 0.3 is 0 Å². The molecule has 0 atom stereocenters. The maximum Gasteiger partial charge on any atom is 0.281 e. The van der Waals surface area contributed by atoms with Crippen molar-refractivity contribution in [2.75, 3.05) is 5.73 Å². The minimum absolute atomic E-state index is 0.284. The number of nitrogens with one attached hydrogen (secondary N) is 2. The zero-order valence-electron chi connectivity index (χ0n) is 13.7. The van der Waals surface area contributed by atoms with Gasteiger partial charge in [-0.2, -0.15) is 0 Å². The number of nitrogen functional groups attached to an aromatic ring is 1. The summed E-state index contributed by atoms with van der Waals surface area (Å²) >= 11 is 1.15. The molecule has 0 aliphatic carbocycles. The number of rotatable bonds is 5. The van der Waals surface area contributed by atoms with Crippen molar-refractivity contribution >= 4 is 28.1 Å². The van der Waals surface area contributed by atoms with Crippen LogP contribution in [0, 0.1) is 6.92 Å². The summed E-state index contributed by atoms with van der Waals surface area (Å²) in [5.41, 5.74) is 15.5. The van der Waals surface area contributed by atoms with Crippen LogP contribution >= 0.6 is 11.3 Å². The summed E-state index contributed by atoms with van der Waals surface area (Å²) < 4.78 is 0. The van der Waals surface area contributed by atoms with Gasteiger partial charge in [0.05, 0.1) is 11.4 Å². The Hall–Kier alpha value is -3.12. The molecular weight excluding hydrogens is 332 g/mol. The average molecular weight is 350 g/mol. The molecule has 1 heterocycles. The number of hydrazine groups is 1. The van der Waals surface area contributed by atoms with E-state index in [1.807, 2.05) is 42.5 Å². The summed E-state index contributed by atoms with van der Waals surface area (Å²) in [6.07, 6.45) is 0. The Morgan fingerprint density at radius 1 is 1.04 bits per heavy atom. The third-order valence-corrected chi connectivity index (χ3v) is 4.67. The Morgan fingerprint density at radius 3 is 2.28 bits per heavy atom. The molecule has 25 heavy (non-hydrogen) atoms. The number of carbonyl (C=O) groups is 1. The highest BCUT2D eigenvalue weighted by molar-refractivity contribution is 7.17. The Balaban J connectivity index is 1.63. The van der Waals surface area contributed by atoms with Crippen LogP contribution in [-0.2, 0) is 0 Å². The van der Waals surface area contributed by atoms with E-state index in [9.17, 15) is 4.79 Å². The number of nitrogens with two attached hydrogens (primary N) is 1. The van der Waals surface area contributed by atoms with E-state index < -0.39 is 0 Å². The number of nitrogens with zero attached hydrogens (tertiary/aromatic N) is 1. The molecule has 4 N–H and O–H groups in total. The lowest BCUT2D eigenvalue weighted by Gasteiger charge is -2.11. The van der Waals surface area contributed by atoms with Gasteiger partial charge in [0.1, 0.15) is 4.88 Å². The molecule has 1 amide bonds. The van der Waals surface area contributed by atoms with Crippen LogP contribution in [-0.4, -0.2) is 10.9 Å². The topological polar surface area (TPSA) is 80.0 Å². The van der Waals surface area contributed by atoms with Gasteiger partial charge < -0.3 is 5.73 Å². The van der Waals surface area contributed by atoms with Crippen molar-refractivity contribution in [2.45, 2.75) is 6.92 Å². The quantitative estimate of drug-likeness (QED) is 0.614. The number of benzene rings is 2. The molecule has 0 spiro atoms. The van der Waals surface area contributed by atoms with Gasteiger partial charge in [0.2, 0.25) is 0 Å². The lowest BCUT2D eigenvalue weighted by atomic mass is 10.0. The number of hydrogen-bond donors (Lipinski definition) is 3. The second-order valence-corrected chi connectivity index (χ2v) is 6.50. The minimum atomic E-state index is -0.284. The van der Waals surface area contributed by atoms with Gasteiger partial charge in [0.15, 0.2) is 5.13 Å². The third kappa shape index (κ3) is 3.87. The number of hydrogen-bond acceptors (Lipinski definition) is 5. The summed E-state index contributed by atoms with van der Waals surface area (Å²) in [6, 6.07) is 18.1. The summed E-state index contributed by atoms with van der Waals surface area (Å²) in [5, 5.41) is 0.373. The van der Waals surface area contributed by atoms with Gasteiger partial charge in [-0.3, -0.25) is 15.6 Å². The smallest absolute Gasteiger partial charge is 0.281 e. The van der Waals surface area contributed by atoms with Crippen molar-refractivity contribution in [3.05, 3.63) is 77.3 Å². The van der Waals surface area contributed by atoms with Crippen LogP contribution in [0.4, 0.5) is 5.13 Å². The molecule has 0 bridgehead atoms. The highest BCUT2D eigenvalue weighted by Crippen LogP contribution is 2.21. The highest BCUT2D eigenvalue weighted by Gasteiger charge is 2.14. The van der Waals surface area contributed by atoms with Crippen LogP contribution in [0.1, 0.15) is 20.9 Å². The van der Waals surface area contributed by atoms with E-state index in [2.05, 4.69) is 34.5 Å². The monoisotopic (exact) mass is 350 g/mol.